The molecule has 0 bridgehead atoms. The van der Waals surface area contributed by atoms with Crippen molar-refractivity contribution in [2.45, 2.75) is 32.2 Å². The van der Waals surface area contributed by atoms with Gasteiger partial charge in [0.2, 0.25) is 5.91 Å². The van der Waals surface area contributed by atoms with Gasteiger partial charge in [0.1, 0.15) is 0 Å². The molecule has 110 valence electrons. The van der Waals surface area contributed by atoms with E-state index >= 15 is 0 Å². The highest BCUT2D eigenvalue weighted by Gasteiger charge is 2.10. The Bertz CT molecular complexity index is 581. The summed E-state index contributed by atoms with van der Waals surface area (Å²) in [5, 5.41) is 2.98. The van der Waals surface area contributed by atoms with Gasteiger partial charge < -0.3 is 11.1 Å². The Morgan fingerprint density at radius 2 is 1.76 bits per heavy atom. The second-order valence-electron chi connectivity index (χ2n) is 5.24. The Morgan fingerprint density at radius 1 is 1.10 bits per heavy atom. The maximum absolute atomic E-state index is 12.0. The van der Waals surface area contributed by atoms with Crippen LogP contribution in [0.3, 0.4) is 0 Å². The van der Waals surface area contributed by atoms with Crippen LogP contribution in [0.5, 0.6) is 0 Å². The molecule has 1 amide bonds. The summed E-state index contributed by atoms with van der Waals surface area (Å²) < 4.78 is 0. The molecule has 0 aromatic heterocycles. The Morgan fingerprint density at radius 3 is 2.48 bits per heavy atom. The van der Waals surface area contributed by atoms with Crippen LogP contribution in [-0.4, -0.2) is 11.9 Å². The molecule has 0 aliphatic carbocycles. The number of nitrogens with two attached hydrogens (primary N) is 1. The number of rotatable bonds is 6. The lowest BCUT2D eigenvalue weighted by atomic mass is 10.0. The van der Waals surface area contributed by atoms with Gasteiger partial charge in [-0.2, -0.15) is 0 Å². The molecule has 0 fully saturated rings. The molecular formula is C18H22N2O. The SMILES string of the molecule is CCC(N)CC(=O)Nc1ccccc1Cc1ccccc1. The van der Waals surface area contributed by atoms with Gasteiger partial charge in [0.25, 0.3) is 0 Å². The van der Waals surface area contributed by atoms with E-state index in [1.807, 2.05) is 49.4 Å². The second kappa shape index (κ2) is 7.60. The molecule has 0 aliphatic heterocycles. The molecule has 0 radical (unpaired) electrons. The van der Waals surface area contributed by atoms with Crippen LogP contribution in [-0.2, 0) is 11.2 Å². The molecule has 2 rings (SSSR count). The first-order valence-electron chi connectivity index (χ1n) is 7.36. The van der Waals surface area contributed by atoms with Crippen molar-refractivity contribution in [1.82, 2.24) is 0 Å². The normalized spacial score (nSPS) is 11.9. The van der Waals surface area contributed by atoms with E-state index in [-0.39, 0.29) is 11.9 Å². The highest BCUT2D eigenvalue weighted by molar-refractivity contribution is 5.91. The number of amides is 1. The van der Waals surface area contributed by atoms with Crippen LogP contribution in [0, 0.1) is 0 Å². The molecule has 0 saturated heterocycles. The zero-order chi connectivity index (χ0) is 15.1. The van der Waals surface area contributed by atoms with Crippen LogP contribution in [0.15, 0.2) is 54.6 Å². The Hall–Kier alpha value is -2.13. The molecule has 3 nitrogen and oxygen atoms in total. The van der Waals surface area contributed by atoms with Crippen molar-refractivity contribution in [3.8, 4) is 0 Å². The average Bonchev–Trinajstić information content (AvgIpc) is 2.50. The zero-order valence-electron chi connectivity index (χ0n) is 12.4. The first-order valence-corrected chi connectivity index (χ1v) is 7.36. The molecule has 2 aromatic carbocycles. The summed E-state index contributed by atoms with van der Waals surface area (Å²) in [5.74, 6) is -0.0233. The smallest absolute Gasteiger partial charge is 0.225 e. The third-order valence-electron chi connectivity index (χ3n) is 3.50. The van der Waals surface area contributed by atoms with E-state index in [4.69, 9.17) is 5.73 Å². The van der Waals surface area contributed by atoms with E-state index in [1.54, 1.807) is 0 Å². The fourth-order valence-electron chi connectivity index (χ4n) is 2.20. The summed E-state index contributed by atoms with van der Waals surface area (Å²) in [4.78, 5) is 12.0. The van der Waals surface area contributed by atoms with Crippen LogP contribution < -0.4 is 11.1 Å². The predicted molar refractivity (Wildman–Crippen MR) is 87.2 cm³/mol. The van der Waals surface area contributed by atoms with Crippen molar-refractivity contribution in [1.29, 1.82) is 0 Å². The van der Waals surface area contributed by atoms with E-state index in [0.29, 0.717) is 6.42 Å². The molecule has 3 heteroatoms. The maximum atomic E-state index is 12.0. The van der Waals surface area contributed by atoms with Gasteiger partial charge in [-0.05, 0) is 30.0 Å². The maximum Gasteiger partial charge on any atom is 0.225 e. The Labute approximate surface area is 126 Å². The minimum Gasteiger partial charge on any atom is -0.327 e. The van der Waals surface area contributed by atoms with Gasteiger partial charge in [-0.25, -0.2) is 0 Å². The number of benzene rings is 2. The van der Waals surface area contributed by atoms with Crippen molar-refractivity contribution < 1.29 is 4.79 Å². The molecule has 3 N–H and O–H groups in total. The number of hydrogen-bond donors (Lipinski definition) is 2. The predicted octanol–water partition coefficient (Wildman–Crippen LogP) is 3.34. The third-order valence-corrected chi connectivity index (χ3v) is 3.50. The van der Waals surface area contributed by atoms with Crippen molar-refractivity contribution in [2.24, 2.45) is 5.73 Å². The van der Waals surface area contributed by atoms with Gasteiger partial charge in [0.15, 0.2) is 0 Å². The van der Waals surface area contributed by atoms with Gasteiger partial charge in [-0.1, -0.05) is 55.5 Å². The molecule has 1 unspecified atom stereocenters. The number of anilines is 1. The topological polar surface area (TPSA) is 55.1 Å². The van der Waals surface area contributed by atoms with Gasteiger partial charge in [-0.3, -0.25) is 4.79 Å². The zero-order valence-corrected chi connectivity index (χ0v) is 12.4. The van der Waals surface area contributed by atoms with Crippen molar-refractivity contribution in [2.75, 3.05) is 5.32 Å². The summed E-state index contributed by atoms with van der Waals surface area (Å²) >= 11 is 0. The molecule has 0 spiro atoms. The van der Waals surface area contributed by atoms with Crippen LogP contribution in [0.2, 0.25) is 0 Å². The highest BCUT2D eigenvalue weighted by atomic mass is 16.1. The van der Waals surface area contributed by atoms with Crippen LogP contribution in [0.4, 0.5) is 5.69 Å². The number of carbonyl (C=O) groups is 1. The molecular weight excluding hydrogens is 260 g/mol. The number of nitrogens with one attached hydrogen (secondary N) is 1. The van der Waals surface area contributed by atoms with Crippen LogP contribution in [0.25, 0.3) is 0 Å². The van der Waals surface area contributed by atoms with Crippen molar-refractivity contribution >= 4 is 11.6 Å². The number of hydrogen-bond acceptors (Lipinski definition) is 2. The summed E-state index contributed by atoms with van der Waals surface area (Å²) in [7, 11) is 0. The third kappa shape index (κ3) is 4.72. The van der Waals surface area contributed by atoms with Gasteiger partial charge in [0.05, 0.1) is 0 Å². The summed E-state index contributed by atoms with van der Waals surface area (Å²) in [5.41, 5.74) is 9.04. The molecule has 0 aliphatic rings. The summed E-state index contributed by atoms with van der Waals surface area (Å²) in [6, 6.07) is 18.1. The monoisotopic (exact) mass is 282 g/mol. The highest BCUT2D eigenvalue weighted by Crippen LogP contribution is 2.19. The van der Waals surface area contributed by atoms with E-state index < -0.39 is 0 Å². The lowest BCUT2D eigenvalue weighted by Gasteiger charge is -2.13. The van der Waals surface area contributed by atoms with Crippen LogP contribution in [0.1, 0.15) is 30.9 Å². The van der Waals surface area contributed by atoms with Gasteiger partial charge in [-0.15, -0.1) is 0 Å². The first kappa shape index (κ1) is 15.3. The molecule has 0 saturated carbocycles. The molecule has 0 heterocycles. The van der Waals surface area contributed by atoms with Gasteiger partial charge >= 0.3 is 0 Å². The first-order chi connectivity index (χ1) is 10.2. The van der Waals surface area contributed by atoms with E-state index in [0.717, 1.165) is 24.1 Å². The molecule has 2 aromatic rings. The molecule has 1 atom stereocenters. The lowest BCUT2D eigenvalue weighted by molar-refractivity contribution is -0.116. The fraction of sp³-hybridized carbons (Fsp3) is 0.278. The van der Waals surface area contributed by atoms with Crippen molar-refractivity contribution in [3.63, 3.8) is 0 Å². The fourth-order valence-corrected chi connectivity index (χ4v) is 2.20. The average molecular weight is 282 g/mol. The van der Waals surface area contributed by atoms with E-state index in [9.17, 15) is 4.79 Å². The second-order valence-corrected chi connectivity index (χ2v) is 5.24. The Balaban J connectivity index is 2.08. The summed E-state index contributed by atoms with van der Waals surface area (Å²) in [6.45, 7) is 1.99. The van der Waals surface area contributed by atoms with Crippen LogP contribution >= 0.6 is 0 Å². The number of para-hydroxylation sites is 1. The minimum atomic E-state index is -0.0775. The van der Waals surface area contributed by atoms with Gasteiger partial charge in [0, 0.05) is 18.2 Å². The quantitative estimate of drug-likeness (QED) is 0.853. The standard InChI is InChI=1S/C18H22N2O/c1-2-16(19)13-18(21)20-17-11-7-6-10-15(17)12-14-8-4-3-5-9-14/h3-11,16H,2,12-13,19H2,1H3,(H,20,21). The largest absolute Gasteiger partial charge is 0.327 e. The Kier molecular flexibility index (Phi) is 5.52. The van der Waals surface area contributed by atoms with Crippen molar-refractivity contribution in [3.05, 3.63) is 65.7 Å². The van der Waals surface area contributed by atoms with E-state index in [1.165, 1.54) is 5.56 Å². The summed E-state index contributed by atoms with van der Waals surface area (Å²) in [6.07, 6.45) is 1.96. The minimum absolute atomic E-state index is 0.0233. The number of carbonyl (C=O) groups excluding carboxylic acids is 1. The van der Waals surface area contributed by atoms with E-state index in [2.05, 4.69) is 17.4 Å². The lowest BCUT2D eigenvalue weighted by Crippen LogP contribution is -2.26. The molecule has 21 heavy (non-hydrogen) atoms.